The Hall–Kier alpha value is -4.11. The second-order valence-corrected chi connectivity index (χ2v) is 8.75. The Morgan fingerprint density at radius 1 is 0.944 bits per heavy atom. The zero-order chi connectivity index (χ0) is 26.4. The summed E-state index contributed by atoms with van der Waals surface area (Å²) >= 11 is 5.94. The Bertz CT molecular complexity index is 1350. The number of aldehydes is 1. The summed E-state index contributed by atoms with van der Waals surface area (Å²) in [6, 6.07) is 5.27. The number of aryl methyl sites for hydroxylation is 2. The third-order valence-electron chi connectivity index (χ3n) is 5.96. The second kappa shape index (κ2) is 11.5. The molecule has 3 heterocycles. The van der Waals surface area contributed by atoms with Gasteiger partial charge in [-0.1, -0.05) is 17.7 Å². The predicted molar refractivity (Wildman–Crippen MR) is 136 cm³/mol. The van der Waals surface area contributed by atoms with Gasteiger partial charge in [0.2, 0.25) is 0 Å². The first-order valence-corrected chi connectivity index (χ1v) is 11.5. The third kappa shape index (κ3) is 6.31. The number of amides is 1. The van der Waals surface area contributed by atoms with Gasteiger partial charge in [-0.15, -0.1) is 0 Å². The van der Waals surface area contributed by atoms with Crippen LogP contribution in [0.25, 0.3) is 11.6 Å². The first kappa shape index (κ1) is 26.5. The highest BCUT2D eigenvalue weighted by atomic mass is 35.5. The van der Waals surface area contributed by atoms with E-state index in [1.165, 1.54) is 0 Å². The molecule has 5 N–H and O–H groups in total. The molecule has 1 aliphatic rings. The number of aromatic amines is 2. The van der Waals surface area contributed by atoms with Crippen molar-refractivity contribution in [3.8, 4) is 0 Å². The van der Waals surface area contributed by atoms with Crippen molar-refractivity contribution >= 4 is 53.1 Å². The van der Waals surface area contributed by atoms with E-state index < -0.39 is 11.9 Å². The lowest BCUT2D eigenvalue weighted by Crippen LogP contribution is -2.03. The number of H-pyrrole nitrogens is 2. The van der Waals surface area contributed by atoms with Gasteiger partial charge < -0.3 is 25.5 Å². The minimum atomic E-state index is -0.827. The van der Waals surface area contributed by atoms with E-state index in [4.69, 9.17) is 21.8 Å². The summed E-state index contributed by atoms with van der Waals surface area (Å²) in [4.78, 5) is 49.5. The van der Waals surface area contributed by atoms with Gasteiger partial charge in [0, 0.05) is 41.5 Å². The van der Waals surface area contributed by atoms with Crippen LogP contribution in [0.4, 0.5) is 5.69 Å². The molecule has 9 nitrogen and oxygen atoms in total. The number of hydrogen-bond donors (Lipinski definition) is 5. The Morgan fingerprint density at radius 2 is 1.50 bits per heavy atom. The second-order valence-electron chi connectivity index (χ2n) is 8.31. The van der Waals surface area contributed by atoms with E-state index in [0.717, 1.165) is 39.8 Å². The van der Waals surface area contributed by atoms with Crippen molar-refractivity contribution in [1.82, 2.24) is 9.97 Å². The number of carboxylic acids is 2. The van der Waals surface area contributed by atoms with Gasteiger partial charge in [-0.2, -0.15) is 0 Å². The molecule has 36 heavy (non-hydrogen) atoms. The van der Waals surface area contributed by atoms with Gasteiger partial charge in [-0.05, 0) is 67.2 Å². The van der Waals surface area contributed by atoms with E-state index in [9.17, 15) is 19.2 Å². The fourth-order valence-electron chi connectivity index (χ4n) is 3.84. The lowest BCUT2D eigenvalue weighted by molar-refractivity contribution is -0.138. The molecule has 10 heteroatoms. The highest BCUT2D eigenvalue weighted by Crippen LogP contribution is 2.35. The van der Waals surface area contributed by atoms with Crippen LogP contribution in [0.15, 0.2) is 30.6 Å². The largest absolute Gasteiger partial charge is 0.481 e. The molecule has 0 spiro atoms. The van der Waals surface area contributed by atoms with Crippen molar-refractivity contribution in [2.24, 2.45) is 0 Å². The minimum Gasteiger partial charge on any atom is -0.481 e. The molecule has 1 aromatic carbocycles. The number of fused-ring (bicyclic) bond motifs is 1. The highest BCUT2D eigenvalue weighted by molar-refractivity contribution is 6.36. The zero-order valence-electron chi connectivity index (χ0n) is 19.8. The van der Waals surface area contributed by atoms with Crippen LogP contribution in [-0.2, 0) is 27.2 Å². The maximum Gasteiger partial charge on any atom is 0.303 e. The number of anilines is 1. The molecule has 0 saturated carbocycles. The number of rotatable bonds is 8. The van der Waals surface area contributed by atoms with Gasteiger partial charge in [0.05, 0.1) is 17.0 Å². The average Bonchev–Trinajstić information content (AvgIpc) is 3.46. The number of aliphatic carboxylic acids is 2. The molecule has 1 amide bonds. The van der Waals surface area contributed by atoms with Gasteiger partial charge in [0.25, 0.3) is 5.91 Å². The van der Waals surface area contributed by atoms with E-state index in [1.54, 1.807) is 37.5 Å². The third-order valence-corrected chi connectivity index (χ3v) is 6.20. The first-order valence-electron chi connectivity index (χ1n) is 11.2. The molecule has 0 saturated heterocycles. The lowest BCUT2D eigenvalue weighted by Gasteiger charge is -2.00. The molecule has 1 aliphatic heterocycles. The number of carbonyl (C=O) groups excluding carboxylic acids is 2. The van der Waals surface area contributed by atoms with Crippen LogP contribution in [0, 0.1) is 13.8 Å². The summed E-state index contributed by atoms with van der Waals surface area (Å²) in [6.45, 7) is 3.72. The summed E-state index contributed by atoms with van der Waals surface area (Å²) in [7, 11) is 0. The van der Waals surface area contributed by atoms with E-state index >= 15 is 0 Å². The van der Waals surface area contributed by atoms with Crippen LogP contribution in [0.1, 0.15) is 56.8 Å². The fourth-order valence-corrected chi connectivity index (χ4v) is 4.01. The van der Waals surface area contributed by atoms with Crippen molar-refractivity contribution in [3.63, 3.8) is 0 Å². The van der Waals surface area contributed by atoms with Crippen molar-refractivity contribution in [2.45, 2.75) is 39.5 Å². The van der Waals surface area contributed by atoms with Gasteiger partial charge >= 0.3 is 11.9 Å². The van der Waals surface area contributed by atoms with E-state index in [-0.39, 0.29) is 18.7 Å². The quantitative estimate of drug-likeness (QED) is 0.219. The van der Waals surface area contributed by atoms with Crippen molar-refractivity contribution in [3.05, 3.63) is 74.8 Å². The van der Waals surface area contributed by atoms with Crippen LogP contribution in [0.2, 0.25) is 5.02 Å². The summed E-state index contributed by atoms with van der Waals surface area (Å²) in [5.41, 5.74) is 7.03. The first-order chi connectivity index (χ1) is 17.1. The predicted octanol–water partition coefficient (Wildman–Crippen LogP) is 4.64. The molecule has 0 aliphatic carbocycles. The number of aromatic nitrogens is 2. The van der Waals surface area contributed by atoms with E-state index in [0.29, 0.717) is 34.8 Å². The highest BCUT2D eigenvalue weighted by Gasteiger charge is 2.24. The molecule has 0 unspecified atom stereocenters. The molecule has 0 bridgehead atoms. The van der Waals surface area contributed by atoms with Crippen LogP contribution in [-0.4, -0.2) is 44.3 Å². The normalized spacial score (nSPS) is 13.1. The van der Waals surface area contributed by atoms with E-state index in [2.05, 4.69) is 15.3 Å². The number of benzene rings is 1. The molecule has 188 valence electrons. The Kier molecular flexibility index (Phi) is 8.50. The maximum atomic E-state index is 12.2. The van der Waals surface area contributed by atoms with Gasteiger partial charge in [-0.3, -0.25) is 19.2 Å². The van der Waals surface area contributed by atoms with Crippen molar-refractivity contribution < 1.29 is 29.4 Å². The smallest absolute Gasteiger partial charge is 0.303 e. The van der Waals surface area contributed by atoms with Gasteiger partial charge in [-0.25, -0.2) is 0 Å². The maximum absolute atomic E-state index is 12.2. The summed E-state index contributed by atoms with van der Waals surface area (Å²) in [5, 5.41) is 20.6. The molecule has 0 fully saturated rings. The van der Waals surface area contributed by atoms with Crippen LogP contribution >= 0.6 is 11.6 Å². The summed E-state index contributed by atoms with van der Waals surface area (Å²) in [6.07, 6.45) is 7.09. The van der Waals surface area contributed by atoms with Gasteiger partial charge in [0.15, 0.2) is 6.29 Å². The number of halogens is 1. The number of nitrogens with one attached hydrogen (secondary N) is 3. The monoisotopic (exact) mass is 511 g/mol. The Labute approximate surface area is 212 Å². The Balaban J connectivity index is 0.000000236. The molecule has 2 aromatic heterocycles. The van der Waals surface area contributed by atoms with E-state index in [1.807, 2.05) is 13.0 Å². The molecule has 0 atom stereocenters. The van der Waals surface area contributed by atoms with Crippen LogP contribution < -0.4 is 5.32 Å². The van der Waals surface area contributed by atoms with Crippen molar-refractivity contribution in [1.29, 1.82) is 0 Å². The van der Waals surface area contributed by atoms with Crippen LogP contribution in [0.3, 0.4) is 0 Å². The SMILES string of the molecule is Cc1c(CCC(=O)O)c[nH]c1/C=C1\C(=O)Nc2cc(Cl)ccc21.Cc1c(CCC(=O)O)c[nH]c1C=O. The summed E-state index contributed by atoms with van der Waals surface area (Å²) in [5.74, 6) is -1.83. The lowest BCUT2D eigenvalue weighted by atomic mass is 10.0. The molecule has 3 aromatic rings. The van der Waals surface area contributed by atoms with Crippen LogP contribution in [0.5, 0.6) is 0 Å². The molecular weight excluding hydrogens is 486 g/mol. The molecule has 4 rings (SSSR count). The summed E-state index contributed by atoms with van der Waals surface area (Å²) < 4.78 is 0. The molecular formula is C26H26ClN3O6. The average molecular weight is 512 g/mol. The van der Waals surface area contributed by atoms with Crippen molar-refractivity contribution in [2.75, 3.05) is 5.32 Å². The standard InChI is InChI=1S/C17H15ClN2O3.C9H11NO3/c1-9-10(2-5-16(21)22)8-19-14(9)7-13-12-4-3-11(18)6-15(12)20-17(13)23;1-6-7(2-3-9(12)13)4-10-8(6)5-11/h3-4,6-8,19H,2,5H2,1H3,(H,20,23)(H,21,22);4-5,10H,2-3H2,1H3,(H,12,13)/b13-7-;. The topological polar surface area (TPSA) is 152 Å². The minimum absolute atomic E-state index is 0.0799. The zero-order valence-corrected chi connectivity index (χ0v) is 20.5. The fraction of sp³-hybridized carbons (Fsp3) is 0.231. The molecule has 0 radical (unpaired) electrons. The Morgan fingerprint density at radius 3 is 2.03 bits per heavy atom. The number of hydrogen-bond acceptors (Lipinski definition) is 4. The van der Waals surface area contributed by atoms with Gasteiger partial charge in [0.1, 0.15) is 0 Å². The number of carbonyl (C=O) groups is 4. The number of carboxylic acid groups (broad SMARTS) is 2.